The minimum atomic E-state index is 0.676. The third-order valence-electron chi connectivity index (χ3n) is 7.70. The first kappa shape index (κ1) is 25.6. The van der Waals surface area contributed by atoms with E-state index in [9.17, 15) is 0 Å². The molecule has 1 aliphatic rings. The molecule has 8 nitrogen and oxygen atoms in total. The monoisotopic (exact) mass is 550 g/mol. The average Bonchev–Trinajstić information content (AvgIpc) is 3.61. The first-order valence-electron chi connectivity index (χ1n) is 14.0. The summed E-state index contributed by atoms with van der Waals surface area (Å²) in [5, 5.41) is 10.2. The molecular formula is C34H30N8. The highest BCUT2D eigenvalue weighted by atomic mass is 15.5. The van der Waals surface area contributed by atoms with Crippen molar-refractivity contribution in [1.82, 2.24) is 29.8 Å². The van der Waals surface area contributed by atoms with Crippen LogP contribution in [0.15, 0.2) is 91.0 Å². The Bertz CT molecular complexity index is 1940. The zero-order chi connectivity index (χ0) is 29.0. The number of allylic oxidation sites excluding steroid dienone is 1. The lowest BCUT2D eigenvalue weighted by atomic mass is 10.1. The number of aromatic nitrogens is 6. The fraction of sp³-hybridized carbons (Fsp3) is 0.147. The molecule has 0 aliphatic carbocycles. The summed E-state index contributed by atoms with van der Waals surface area (Å²) in [4.78, 5) is 18.9. The highest BCUT2D eigenvalue weighted by molar-refractivity contribution is 5.92. The Morgan fingerprint density at radius 2 is 1.14 bits per heavy atom. The SMILES string of the molecule is Cc1nc2/c(=C\C=C3N(c4c(C)cccc4C)c4nccnc4N3c3c(C)cccc3C)c(-c3ccccc3)nn2n1. The van der Waals surface area contributed by atoms with Gasteiger partial charge in [-0.2, -0.15) is 0 Å². The summed E-state index contributed by atoms with van der Waals surface area (Å²) in [5.74, 6) is 3.16. The van der Waals surface area contributed by atoms with Gasteiger partial charge in [0.2, 0.25) is 0 Å². The summed E-state index contributed by atoms with van der Waals surface area (Å²) in [6.07, 6.45) is 7.74. The standard InChI is InChI=1S/C34H30N8/c1-21-11-9-12-22(2)30(21)40-28(41(34-33(40)35-19-20-36-34)31-23(3)13-10-14-24(31)4)18-17-27-29(26-15-7-6-8-16-26)39-42-32(27)37-25(5)38-42/h6-20H,1-5H3/b27-17-. The maximum Gasteiger partial charge on any atom is 0.185 e. The molecule has 6 aromatic rings. The Kier molecular flexibility index (Phi) is 6.04. The van der Waals surface area contributed by atoms with Crippen LogP contribution in [-0.2, 0) is 0 Å². The topological polar surface area (TPSA) is 75.3 Å². The average molecular weight is 551 g/mol. The predicted molar refractivity (Wildman–Crippen MR) is 167 cm³/mol. The molecule has 0 saturated heterocycles. The van der Waals surface area contributed by atoms with Gasteiger partial charge in [-0.3, -0.25) is 9.80 Å². The number of benzene rings is 3. The number of anilines is 4. The van der Waals surface area contributed by atoms with Crippen molar-refractivity contribution in [3.8, 4) is 11.3 Å². The molecule has 206 valence electrons. The van der Waals surface area contributed by atoms with Gasteiger partial charge in [0.15, 0.2) is 17.3 Å². The summed E-state index contributed by atoms with van der Waals surface area (Å²) in [7, 11) is 0. The summed E-state index contributed by atoms with van der Waals surface area (Å²) >= 11 is 0. The second-order valence-corrected chi connectivity index (χ2v) is 10.6. The van der Waals surface area contributed by atoms with Gasteiger partial charge in [-0.25, -0.2) is 15.0 Å². The van der Waals surface area contributed by atoms with Gasteiger partial charge < -0.3 is 0 Å². The van der Waals surface area contributed by atoms with Crippen LogP contribution in [0.4, 0.5) is 23.0 Å². The molecule has 42 heavy (non-hydrogen) atoms. The smallest absolute Gasteiger partial charge is 0.185 e. The zero-order valence-corrected chi connectivity index (χ0v) is 24.2. The van der Waals surface area contributed by atoms with Crippen LogP contribution in [0.1, 0.15) is 28.1 Å². The van der Waals surface area contributed by atoms with Crippen LogP contribution >= 0.6 is 0 Å². The van der Waals surface area contributed by atoms with E-state index in [1.807, 2.05) is 25.1 Å². The largest absolute Gasteiger partial charge is 0.276 e. The molecule has 3 aromatic heterocycles. The van der Waals surface area contributed by atoms with E-state index in [4.69, 9.17) is 20.1 Å². The Labute approximate surface area is 244 Å². The summed E-state index contributed by atoms with van der Waals surface area (Å²) in [6, 6.07) is 22.9. The normalized spacial score (nSPS) is 13.4. The number of aryl methyl sites for hydroxylation is 5. The van der Waals surface area contributed by atoms with Crippen molar-refractivity contribution in [2.75, 3.05) is 9.80 Å². The molecule has 0 unspecified atom stereocenters. The lowest BCUT2D eigenvalue weighted by molar-refractivity contribution is 0.809. The molecule has 1 aliphatic heterocycles. The molecule has 0 fully saturated rings. The number of hydrogen-bond acceptors (Lipinski definition) is 7. The molecule has 7 rings (SSSR count). The summed E-state index contributed by atoms with van der Waals surface area (Å²) < 4.78 is 1.63. The molecule has 0 amide bonds. The van der Waals surface area contributed by atoms with Gasteiger partial charge in [-0.05, 0) is 69.0 Å². The van der Waals surface area contributed by atoms with Gasteiger partial charge in [0.1, 0.15) is 17.3 Å². The van der Waals surface area contributed by atoms with Crippen LogP contribution in [0.3, 0.4) is 0 Å². The Balaban J connectivity index is 1.56. The minimum Gasteiger partial charge on any atom is -0.276 e. The predicted octanol–water partition coefficient (Wildman–Crippen LogP) is 6.45. The van der Waals surface area contributed by atoms with Gasteiger partial charge in [0.05, 0.1) is 11.4 Å². The Morgan fingerprint density at radius 3 is 1.69 bits per heavy atom. The van der Waals surface area contributed by atoms with Crippen LogP contribution in [0.5, 0.6) is 0 Å². The zero-order valence-electron chi connectivity index (χ0n) is 24.2. The van der Waals surface area contributed by atoms with Gasteiger partial charge in [-0.1, -0.05) is 66.7 Å². The van der Waals surface area contributed by atoms with Crippen molar-refractivity contribution < 1.29 is 0 Å². The number of para-hydroxylation sites is 2. The maximum atomic E-state index is 4.88. The Hall–Kier alpha value is -5.37. The van der Waals surface area contributed by atoms with E-state index in [1.54, 1.807) is 17.0 Å². The number of rotatable bonds is 4. The van der Waals surface area contributed by atoms with E-state index in [1.165, 1.54) is 0 Å². The second-order valence-electron chi connectivity index (χ2n) is 10.6. The van der Waals surface area contributed by atoms with Crippen LogP contribution in [-0.4, -0.2) is 29.8 Å². The van der Waals surface area contributed by atoms with Crippen LogP contribution in [0.2, 0.25) is 0 Å². The summed E-state index contributed by atoms with van der Waals surface area (Å²) in [5.41, 5.74) is 9.31. The second kappa shape index (κ2) is 9.92. The lowest BCUT2D eigenvalue weighted by Gasteiger charge is -2.28. The lowest BCUT2D eigenvalue weighted by Crippen LogP contribution is -2.24. The van der Waals surface area contributed by atoms with Crippen LogP contribution in [0, 0.1) is 34.6 Å². The van der Waals surface area contributed by atoms with Gasteiger partial charge >= 0.3 is 0 Å². The van der Waals surface area contributed by atoms with Crippen molar-refractivity contribution in [2.24, 2.45) is 0 Å². The van der Waals surface area contributed by atoms with E-state index >= 15 is 0 Å². The van der Waals surface area contributed by atoms with Crippen molar-refractivity contribution in [3.05, 3.63) is 124 Å². The van der Waals surface area contributed by atoms with Gasteiger partial charge in [-0.15, -0.1) is 14.8 Å². The first-order valence-corrected chi connectivity index (χ1v) is 14.0. The van der Waals surface area contributed by atoms with E-state index in [0.29, 0.717) is 11.5 Å². The van der Waals surface area contributed by atoms with Crippen molar-refractivity contribution in [1.29, 1.82) is 0 Å². The van der Waals surface area contributed by atoms with Crippen LogP contribution < -0.4 is 15.0 Å². The minimum absolute atomic E-state index is 0.676. The molecule has 0 saturated carbocycles. The molecule has 0 radical (unpaired) electrons. The van der Waals surface area contributed by atoms with Crippen molar-refractivity contribution in [2.45, 2.75) is 34.6 Å². The van der Waals surface area contributed by atoms with E-state index < -0.39 is 0 Å². The maximum absolute atomic E-state index is 4.88. The van der Waals surface area contributed by atoms with Crippen molar-refractivity contribution >= 4 is 34.7 Å². The quantitative estimate of drug-likeness (QED) is 0.250. The fourth-order valence-electron chi connectivity index (χ4n) is 5.88. The van der Waals surface area contributed by atoms with E-state index in [0.717, 1.165) is 67.6 Å². The molecular weight excluding hydrogens is 520 g/mol. The third-order valence-corrected chi connectivity index (χ3v) is 7.70. The summed E-state index contributed by atoms with van der Waals surface area (Å²) in [6.45, 7) is 10.4. The molecule has 0 spiro atoms. The number of fused-ring (bicyclic) bond motifs is 2. The number of hydrogen-bond donors (Lipinski definition) is 0. The molecule has 8 heteroatoms. The molecule has 3 aromatic carbocycles. The Morgan fingerprint density at radius 1 is 0.595 bits per heavy atom. The van der Waals surface area contributed by atoms with Gasteiger partial charge in [0.25, 0.3) is 0 Å². The number of nitrogens with zero attached hydrogens (tertiary/aromatic N) is 8. The van der Waals surface area contributed by atoms with Crippen LogP contribution in [0.25, 0.3) is 23.0 Å². The van der Waals surface area contributed by atoms with Gasteiger partial charge in [0, 0.05) is 23.2 Å². The van der Waals surface area contributed by atoms with Crippen molar-refractivity contribution in [3.63, 3.8) is 0 Å². The molecule has 4 heterocycles. The fourth-order valence-corrected chi connectivity index (χ4v) is 5.88. The van der Waals surface area contributed by atoms with E-state index in [2.05, 4.69) is 103 Å². The third kappa shape index (κ3) is 4.03. The molecule has 0 atom stereocenters. The highest BCUT2D eigenvalue weighted by Crippen LogP contribution is 2.50. The highest BCUT2D eigenvalue weighted by Gasteiger charge is 2.38. The molecule has 0 bridgehead atoms. The first-order chi connectivity index (χ1) is 20.4. The van der Waals surface area contributed by atoms with E-state index in [-0.39, 0.29) is 0 Å². The molecule has 0 N–H and O–H groups in total.